The fraction of sp³-hybridized carbons (Fsp3) is 0.800. The van der Waals surface area contributed by atoms with Gasteiger partial charge in [0.15, 0.2) is 6.10 Å². The van der Waals surface area contributed by atoms with Gasteiger partial charge >= 0.3 is 11.9 Å². The van der Waals surface area contributed by atoms with Gasteiger partial charge in [-0.25, -0.2) is 0 Å². The molecular weight excluding hydrogens is 790 g/mol. The largest absolute Gasteiger partial charge is 0.756 e. The lowest BCUT2D eigenvalue weighted by molar-refractivity contribution is -0.870. The summed E-state index contributed by atoms with van der Waals surface area (Å²) in [6, 6.07) is 0. The number of carbonyl (C=O) groups is 2. The summed E-state index contributed by atoms with van der Waals surface area (Å²) < 4.78 is 33.9. The van der Waals surface area contributed by atoms with Gasteiger partial charge in [0, 0.05) is 12.8 Å². The Bertz CT molecular complexity index is 1200. The molecular formula is C50H92NO9P. The van der Waals surface area contributed by atoms with Gasteiger partial charge in [-0.2, -0.15) is 0 Å². The molecule has 0 radical (unpaired) electrons. The van der Waals surface area contributed by atoms with Crippen LogP contribution in [-0.2, 0) is 32.7 Å². The number of aliphatic hydroxyl groups excluding tert-OH is 1. The zero-order valence-corrected chi connectivity index (χ0v) is 40.6. The van der Waals surface area contributed by atoms with Crippen molar-refractivity contribution >= 4 is 19.8 Å². The summed E-state index contributed by atoms with van der Waals surface area (Å²) in [7, 11) is 1.09. The van der Waals surface area contributed by atoms with Crippen molar-refractivity contribution in [1.82, 2.24) is 0 Å². The van der Waals surface area contributed by atoms with Gasteiger partial charge in [0.25, 0.3) is 7.82 Å². The van der Waals surface area contributed by atoms with Crippen molar-refractivity contribution in [3.8, 4) is 0 Å². The van der Waals surface area contributed by atoms with Crippen LogP contribution >= 0.6 is 7.82 Å². The van der Waals surface area contributed by atoms with Gasteiger partial charge in [-0.05, 0) is 44.9 Å². The van der Waals surface area contributed by atoms with Crippen LogP contribution in [0.1, 0.15) is 200 Å². The Morgan fingerprint density at radius 2 is 1.11 bits per heavy atom. The number of hydrogen-bond acceptors (Lipinski definition) is 9. The fourth-order valence-corrected chi connectivity index (χ4v) is 7.28. The number of quaternary nitrogens is 1. The van der Waals surface area contributed by atoms with Gasteiger partial charge in [0.05, 0.1) is 33.9 Å². The molecule has 2 unspecified atom stereocenters. The standard InChI is InChI=1S/C50H92NO9P/c1-6-8-10-12-14-16-17-18-19-20-21-22-23-24-25-27-29-33-38-42-50(54)60-48(46-59-61(55,56)58-44-43-51(3,4)5)45-57-49(53)41-37-34-30-32-36-40-47(52)39-35-31-28-26-15-13-11-9-7-2/h15,26,30-32,35-36,40,47-48,52H,6-14,16-25,27-29,33-34,37-39,41-46H2,1-5H3/b26-15-,32-30+,35-31-,40-36-/t47?,48-/m1/s1. The Morgan fingerprint density at radius 3 is 1.69 bits per heavy atom. The summed E-state index contributed by atoms with van der Waals surface area (Å²) in [5.41, 5.74) is 0. The van der Waals surface area contributed by atoms with E-state index in [9.17, 15) is 24.2 Å². The lowest BCUT2D eigenvalue weighted by Gasteiger charge is -2.28. The molecule has 0 saturated carbocycles. The molecule has 0 bridgehead atoms. The van der Waals surface area contributed by atoms with Gasteiger partial charge in [-0.1, -0.05) is 191 Å². The second-order valence-electron chi connectivity index (χ2n) is 17.7. The van der Waals surface area contributed by atoms with E-state index in [-0.39, 0.29) is 26.1 Å². The third-order valence-corrected chi connectivity index (χ3v) is 11.4. The van der Waals surface area contributed by atoms with E-state index >= 15 is 0 Å². The van der Waals surface area contributed by atoms with E-state index in [1.165, 1.54) is 116 Å². The van der Waals surface area contributed by atoms with Crippen molar-refractivity contribution in [2.24, 2.45) is 0 Å². The Labute approximate surface area is 374 Å². The fourth-order valence-electron chi connectivity index (χ4n) is 6.55. The molecule has 356 valence electrons. The average Bonchev–Trinajstić information content (AvgIpc) is 3.21. The smallest absolute Gasteiger partial charge is 0.306 e. The maximum atomic E-state index is 12.7. The lowest BCUT2D eigenvalue weighted by atomic mass is 10.0. The van der Waals surface area contributed by atoms with Gasteiger partial charge in [-0.15, -0.1) is 0 Å². The summed E-state index contributed by atoms with van der Waals surface area (Å²) in [6.07, 6.45) is 46.0. The van der Waals surface area contributed by atoms with Crippen LogP contribution in [0, 0.1) is 0 Å². The van der Waals surface area contributed by atoms with E-state index < -0.39 is 38.6 Å². The first-order chi connectivity index (χ1) is 29.4. The molecule has 61 heavy (non-hydrogen) atoms. The highest BCUT2D eigenvalue weighted by Crippen LogP contribution is 2.38. The monoisotopic (exact) mass is 882 g/mol. The molecule has 1 N–H and O–H groups in total. The molecule has 0 aromatic heterocycles. The predicted octanol–water partition coefficient (Wildman–Crippen LogP) is 12.6. The van der Waals surface area contributed by atoms with Crippen molar-refractivity contribution in [3.05, 3.63) is 48.6 Å². The van der Waals surface area contributed by atoms with Crippen LogP contribution < -0.4 is 4.89 Å². The summed E-state index contributed by atoms with van der Waals surface area (Å²) in [6.45, 7) is 4.05. The minimum atomic E-state index is -4.66. The quantitative estimate of drug-likeness (QED) is 0.0159. The van der Waals surface area contributed by atoms with E-state index in [1.54, 1.807) is 12.2 Å². The highest BCUT2D eigenvalue weighted by atomic mass is 31.2. The highest BCUT2D eigenvalue weighted by Gasteiger charge is 2.21. The third-order valence-electron chi connectivity index (χ3n) is 10.4. The van der Waals surface area contributed by atoms with Crippen LogP contribution in [0.3, 0.4) is 0 Å². The molecule has 10 nitrogen and oxygen atoms in total. The molecule has 0 aliphatic rings. The predicted molar refractivity (Wildman–Crippen MR) is 251 cm³/mol. The van der Waals surface area contributed by atoms with Crippen LogP contribution in [0.5, 0.6) is 0 Å². The molecule has 0 spiro atoms. The average molecular weight is 882 g/mol. The second-order valence-corrected chi connectivity index (χ2v) is 19.1. The molecule has 0 aromatic rings. The Kier molecular flexibility index (Phi) is 40.5. The molecule has 0 aromatic carbocycles. The minimum Gasteiger partial charge on any atom is -0.756 e. The number of allylic oxidation sites excluding steroid dienone is 6. The number of phosphoric ester groups is 1. The number of phosphoric acid groups is 1. The Balaban J connectivity index is 4.43. The van der Waals surface area contributed by atoms with Crippen molar-refractivity contribution < 1.29 is 47.2 Å². The zero-order valence-electron chi connectivity index (χ0n) is 39.7. The number of nitrogens with zero attached hydrogens (tertiary/aromatic N) is 1. The number of esters is 2. The number of hydrogen-bond donors (Lipinski definition) is 1. The number of carbonyl (C=O) groups excluding carboxylic acids is 2. The summed E-state index contributed by atoms with van der Waals surface area (Å²) >= 11 is 0. The van der Waals surface area contributed by atoms with E-state index in [0.717, 1.165) is 32.1 Å². The number of unbranched alkanes of at least 4 members (excludes halogenated alkanes) is 22. The van der Waals surface area contributed by atoms with Crippen molar-refractivity contribution in [1.29, 1.82) is 0 Å². The van der Waals surface area contributed by atoms with Crippen LogP contribution in [0.2, 0.25) is 0 Å². The van der Waals surface area contributed by atoms with Crippen LogP contribution in [-0.4, -0.2) is 81.2 Å². The van der Waals surface area contributed by atoms with E-state index in [1.807, 2.05) is 39.4 Å². The van der Waals surface area contributed by atoms with Crippen LogP contribution in [0.4, 0.5) is 0 Å². The van der Waals surface area contributed by atoms with Crippen molar-refractivity contribution in [2.75, 3.05) is 47.5 Å². The first kappa shape index (κ1) is 58.9. The maximum absolute atomic E-state index is 12.7. The van der Waals surface area contributed by atoms with Crippen LogP contribution in [0.25, 0.3) is 0 Å². The maximum Gasteiger partial charge on any atom is 0.306 e. The number of ether oxygens (including phenoxy) is 2. The van der Waals surface area contributed by atoms with Gasteiger partial charge in [0.1, 0.15) is 19.8 Å². The molecule has 0 aliphatic heterocycles. The molecule has 0 aliphatic carbocycles. The van der Waals surface area contributed by atoms with Gasteiger partial charge < -0.3 is 33.0 Å². The van der Waals surface area contributed by atoms with E-state index in [4.69, 9.17) is 18.5 Å². The van der Waals surface area contributed by atoms with Crippen molar-refractivity contribution in [2.45, 2.75) is 212 Å². The first-order valence-electron chi connectivity index (χ1n) is 24.5. The number of likely N-dealkylation sites (N-methyl/N-ethyl adjacent to an activating group) is 1. The normalized spacial score (nSPS) is 14.4. The zero-order chi connectivity index (χ0) is 45.1. The molecule has 0 amide bonds. The second kappa shape index (κ2) is 41.9. The summed E-state index contributed by atoms with van der Waals surface area (Å²) in [5, 5.41) is 10.2. The van der Waals surface area contributed by atoms with E-state index in [0.29, 0.717) is 36.7 Å². The summed E-state index contributed by atoms with van der Waals surface area (Å²) in [5.74, 6) is -0.959. The molecule has 11 heteroatoms. The highest BCUT2D eigenvalue weighted by molar-refractivity contribution is 7.45. The number of rotatable bonds is 44. The summed E-state index contributed by atoms with van der Waals surface area (Å²) in [4.78, 5) is 37.6. The van der Waals surface area contributed by atoms with E-state index in [2.05, 4.69) is 32.1 Å². The lowest BCUT2D eigenvalue weighted by Crippen LogP contribution is -2.37. The molecule has 0 heterocycles. The molecule has 3 atom stereocenters. The minimum absolute atomic E-state index is 0.0529. The van der Waals surface area contributed by atoms with Gasteiger partial charge in [0.2, 0.25) is 0 Å². The van der Waals surface area contributed by atoms with Crippen molar-refractivity contribution in [3.63, 3.8) is 0 Å². The SMILES string of the molecule is CCCCC/C=C\C/C=C\CC(O)/C=C\C=C\CCCC(=O)OC[C@H](COP(=O)([O-])OCC[N+](C)(C)C)OC(=O)CCCCCCCCCCCCCCCCCCCCC. The number of aliphatic hydroxyl groups is 1. The van der Waals surface area contributed by atoms with Gasteiger partial charge in [-0.3, -0.25) is 14.2 Å². The molecule has 0 rings (SSSR count). The van der Waals surface area contributed by atoms with Crippen LogP contribution in [0.15, 0.2) is 48.6 Å². The first-order valence-corrected chi connectivity index (χ1v) is 25.9. The Morgan fingerprint density at radius 1 is 0.607 bits per heavy atom. The topological polar surface area (TPSA) is 131 Å². The molecule has 0 saturated heterocycles. The third kappa shape index (κ3) is 45.8. The Hall–Kier alpha value is -2.07. The molecule has 0 fully saturated rings.